The molecule has 0 radical (unpaired) electrons. The van der Waals surface area contributed by atoms with E-state index in [4.69, 9.17) is 27.6 Å². The number of amides is 1. The van der Waals surface area contributed by atoms with E-state index in [1.165, 1.54) is 6.26 Å². The average Bonchev–Trinajstić information content (AvgIpc) is 3.30. The van der Waals surface area contributed by atoms with Gasteiger partial charge in [-0.1, -0.05) is 35.3 Å². The van der Waals surface area contributed by atoms with E-state index in [1.807, 2.05) is 24.3 Å². The second kappa shape index (κ2) is 7.42. The molecular formula is C19H14Cl2N4O2. The molecule has 2 aromatic carbocycles. The first kappa shape index (κ1) is 17.6. The van der Waals surface area contributed by atoms with E-state index in [0.717, 1.165) is 16.9 Å². The normalized spacial score (nSPS) is 11.0. The van der Waals surface area contributed by atoms with E-state index < -0.39 is 0 Å². The zero-order chi connectivity index (χ0) is 18.8. The summed E-state index contributed by atoms with van der Waals surface area (Å²) in [5.74, 6) is 0.797. The summed E-state index contributed by atoms with van der Waals surface area (Å²) in [6.07, 6.45) is 1.90. The quantitative estimate of drug-likeness (QED) is 0.516. The third kappa shape index (κ3) is 3.82. The highest BCUT2D eigenvalue weighted by molar-refractivity contribution is 6.42. The molecule has 0 fully saturated rings. The van der Waals surface area contributed by atoms with Crippen LogP contribution in [0.15, 0.2) is 53.1 Å². The van der Waals surface area contributed by atoms with Crippen LogP contribution in [0.5, 0.6) is 0 Å². The number of benzene rings is 2. The molecule has 8 heteroatoms. The second-order valence-electron chi connectivity index (χ2n) is 5.87. The number of aromatic amines is 1. The van der Waals surface area contributed by atoms with Gasteiger partial charge in [0.2, 0.25) is 5.89 Å². The van der Waals surface area contributed by atoms with Crippen LogP contribution in [0.1, 0.15) is 16.3 Å². The molecule has 27 heavy (non-hydrogen) atoms. The number of halogens is 2. The van der Waals surface area contributed by atoms with E-state index in [0.29, 0.717) is 34.5 Å². The number of oxazole rings is 1. The fraction of sp³-hybridized carbons (Fsp3) is 0.105. The van der Waals surface area contributed by atoms with E-state index in [-0.39, 0.29) is 11.6 Å². The van der Waals surface area contributed by atoms with Crippen molar-refractivity contribution in [1.82, 2.24) is 20.3 Å². The number of nitrogens with one attached hydrogen (secondary N) is 2. The molecular weight excluding hydrogens is 387 g/mol. The molecule has 0 spiro atoms. The number of carbonyl (C=O) groups is 1. The number of imidazole rings is 1. The predicted molar refractivity (Wildman–Crippen MR) is 104 cm³/mol. The summed E-state index contributed by atoms with van der Waals surface area (Å²) >= 11 is 11.9. The van der Waals surface area contributed by atoms with Gasteiger partial charge >= 0.3 is 0 Å². The van der Waals surface area contributed by atoms with Gasteiger partial charge in [-0.25, -0.2) is 9.97 Å². The fourth-order valence-electron chi connectivity index (χ4n) is 2.65. The van der Waals surface area contributed by atoms with Gasteiger partial charge in [0, 0.05) is 18.5 Å². The largest absolute Gasteiger partial charge is 0.444 e. The first-order chi connectivity index (χ1) is 13.1. The Labute approximate surface area is 164 Å². The zero-order valence-corrected chi connectivity index (χ0v) is 15.5. The Bertz CT molecular complexity index is 1090. The van der Waals surface area contributed by atoms with Crippen molar-refractivity contribution >= 4 is 40.1 Å². The molecule has 0 bridgehead atoms. The molecule has 4 rings (SSSR count). The lowest BCUT2D eigenvalue weighted by atomic mass is 10.2. The molecule has 0 saturated heterocycles. The van der Waals surface area contributed by atoms with Crippen LogP contribution in [0.25, 0.3) is 22.5 Å². The van der Waals surface area contributed by atoms with Crippen molar-refractivity contribution in [2.24, 2.45) is 0 Å². The van der Waals surface area contributed by atoms with Crippen molar-refractivity contribution in [1.29, 1.82) is 0 Å². The molecule has 2 aromatic heterocycles. The van der Waals surface area contributed by atoms with E-state index in [1.54, 1.807) is 18.2 Å². The Morgan fingerprint density at radius 1 is 1.11 bits per heavy atom. The summed E-state index contributed by atoms with van der Waals surface area (Å²) in [6.45, 7) is 0.424. The number of hydrogen-bond acceptors (Lipinski definition) is 4. The fourth-order valence-corrected chi connectivity index (χ4v) is 2.95. The Hall–Kier alpha value is -2.83. The number of rotatable bonds is 5. The van der Waals surface area contributed by atoms with Crippen LogP contribution < -0.4 is 5.32 Å². The van der Waals surface area contributed by atoms with Gasteiger partial charge in [0.15, 0.2) is 5.69 Å². The highest BCUT2D eigenvalue weighted by atomic mass is 35.5. The molecule has 6 nitrogen and oxygen atoms in total. The lowest BCUT2D eigenvalue weighted by Gasteiger charge is -2.00. The number of carbonyl (C=O) groups excluding carboxylic acids is 1. The van der Waals surface area contributed by atoms with E-state index in [9.17, 15) is 4.79 Å². The highest BCUT2D eigenvalue weighted by Gasteiger charge is 2.14. The van der Waals surface area contributed by atoms with Crippen molar-refractivity contribution in [3.8, 4) is 11.5 Å². The molecule has 4 aromatic rings. The number of hydrogen-bond donors (Lipinski definition) is 2. The number of nitrogens with zero attached hydrogens (tertiary/aromatic N) is 2. The van der Waals surface area contributed by atoms with E-state index in [2.05, 4.69) is 20.3 Å². The second-order valence-corrected chi connectivity index (χ2v) is 6.69. The Kier molecular flexibility index (Phi) is 4.83. The highest BCUT2D eigenvalue weighted by Crippen LogP contribution is 2.28. The molecule has 0 saturated carbocycles. The zero-order valence-electron chi connectivity index (χ0n) is 14.0. The number of fused-ring (bicyclic) bond motifs is 1. The van der Waals surface area contributed by atoms with Gasteiger partial charge in [-0.05, 0) is 30.3 Å². The van der Waals surface area contributed by atoms with Gasteiger partial charge in [0.1, 0.15) is 12.1 Å². The van der Waals surface area contributed by atoms with Crippen molar-refractivity contribution < 1.29 is 9.21 Å². The van der Waals surface area contributed by atoms with Gasteiger partial charge in [-0.3, -0.25) is 4.79 Å². The SMILES string of the molecule is O=C(NCCc1nc2ccccc2[nH]1)c1coc(-c2ccc(Cl)c(Cl)c2)n1. The topological polar surface area (TPSA) is 83.8 Å². The standard InChI is InChI=1S/C19H14Cl2N4O2/c20-12-6-5-11(9-13(12)21)19-25-16(10-27-19)18(26)22-8-7-17-23-14-3-1-2-4-15(14)24-17/h1-6,9-10H,7-8H2,(H,22,26)(H,23,24). The summed E-state index contributed by atoms with van der Waals surface area (Å²) in [4.78, 5) is 24.2. The third-order valence-corrected chi connectivity index (χ3v) is 4.73. The summed E-state index contributed by atoms with van der Waals surface area (Å²) in [5.41, 5.74) is 2.72. The smallest absolute Gasteiger partial charge is 0.273 e. The van der Waals surface area contributed by atoms with Crippen LogP contribution >= 0.6 is 23.2 Å². The van der Waals surface area contributed by atoms with Gasteiger partial charge < -0.3 is 14.7 Å². The van der Waals surface area contributed by atoms with Gasteiger partial charge in [-0.2, -0.15) is 0 Å². The molecule has 136 valence electrons. The van der Waals surface area contributed by atoms with Crippen molar-refractivity contribution in [2.45, 2.75) is 6.42 Å². The molecule has 0 unspecified atom stereocenters. The third-order valence-electron chi connectivity index (χ3n) is 3.99. The van der Waals surface area contributed by atoms with Gasteiger partial charge in [0.25, 0.3) is 5.91 Å². The maximum Gasteiger partial charge on any atom is 0.273 e. The summed E-state index contributed by atoms with van der Waals surface area (Å²) < 4.78 is 5.38. The predicted octanol–water partition coefficient (Wildman–Crippen LogP) is 4.50. The Morgan fingerprint density at radius 2 is 1.96 bits per heavy atom. The maximum atomic E-state index is 12.3. The summed E-state index contributed by atoms with van der Waals surface area (Å²) in [5, 5.41) is 3.64. The van der Waals surface area contributed by atoms with Crippen LogP contribution in [-0.2, 0) is 6.42 Å². The van der Waals surface area contributed by atoms with Crippen LogP contribution in [0.4, 0.5) is 0 Å². The molecule has 0 aliphatic heterocycles. The van der Waals surface area contributed by atoms with Crippen LogP contribution in [0, 0.1) is 0 Å². The number of para-hydroxylation sites is 2. The molecule has 0 aliphatic rings. The number of aromatic nitrogens is 3. The van der Waals surface area contributed by atoms with Gasteiger partial charge in [-0.15, -0.1) is 0 Å². The monoisotopic (exact) mass is 400 g/mol. The van der Waals surface area contributed by atoms with E-state index >= 15 is 0 Å². The van der Waals surface area contributed by atoms with Crippen LogP contribution in [0.3, 0.4) is 0 Å². The van der Waals surface area contributed by atoms with Crippen molar-refractivity contribution in [2.75, 3.05) is 6.54 Å². The average molecular weight is 401 g/mol. The Balaban J connectivity index is 1.38. The molecule has 0 aliphatic carbocycles. The summed E-state index contributed by atoms with van der Waals surface area (Å²) in [7, 11) is 0. The van der Waals surface area contributed by atoms with Crippen molar-refractivity contribution in [3.05, 3.63) is 70.3 Å². The first-order valence-electron chi connectivity index (χ1n) is 8.23. The molecule has 0 atom stereocenters. The first-order valence-corrected chi connectivity index (χ1v) is 8.98. The minimum Gasteiger partial charge on any atom is -0.444 e. The molecule has 2 N–H and O–H groups in total. The molecule has 2 heterocycles. The van der Waals surface area contributed by atoms with Crippen LogP contribution in [0.2, 0.25) is 10.0 Å². The Morgan fingerprint density at radius 3 is 2.78 bits per heavy atom. The number of H-pyrrole nitrogens is 1. The van der Waals surface area contributed by atoms with Crippen LogP contribution in [-0.4, -0.2) is 27.4 Å². The minimum atomic E-state index is -0.318. The van der Waals surface area contributed by atoms with Crippen molar-refractivity contribution in [3.63, 3.8) is 0 Å². The van der Waals surface area contributed by atoms with Gasteiger partial charge in [0.05, 0.1) is 21.1 Å². The maximum absolute atomic E-state index is 12.3. The lowest BCUT2D eigenvalue weighted by molar-refractivity contribution is 0.0949. The summed E-state index contributed by atoms with van der Waals surface area (Å²) in [6, 6.07) is 12.8. The lowest BCUT2D eigenvalue weighted by Crippen LogP contribution is -2.26. The molecule has 1 amide bonds. The minimum absolute atomic E-state index is 0.195.